The Morgan fingerprint density at radius 3 is 2.78 bits per heavy atom. The minimum Gasteiger partial charge on any atom is -0.479 e. The van der Waals surface area contributed by atoms with E-state index in [-0.39, 0.29) is 36.9 Å². The molecule has 1 atom stereocenters. The molecule has 2 aliphatic rings. The Morgan fingerprint density at radius 1 is 1.22 bits per heavy atom. The van der Waals surface area contributed by atoms with Crippen LogP contribution >= 0.6 is 0 Å². The number of carbonyl (C=O) groups is 3. The van der Waals surface area contributed by atoms with E-state index < -0.39 is 6.10 Å². The van der Waals surface area contributed by atoms with Crippen molar-refractivity contribution < 1.29 is 19.1 Å². The summed E-state index contributed by atoms with van der Waals surface area (Å²) in [5.41, 5.74) is 1.09. The number of ether oxygens (including phenoxy) is 1. The standard InChI is InChI=1S/C19H26N4O4/c1-12-18(25)23-15-11-14(7-8-16(15)27-12)21-17(24)9-10-20-19(26)22-13-5-3-2-4-6-13/h7-8,11-13H,2-6,9-10H2,1H3,(H,21,24)(H,23,25)(H2,20,22,26). The van der Waals surface area contributed by atoms with Gasteiger partial charge in [0.1, 0.15) is 5.75 Å². The molecular formula is C19H26N4O4. The molecule has 8 heteroatoms. The first-order chi connectivity index (χ1) is 13.0. The van der Waals surface area contributed by atoms with E-state index in [2.05, 4.69) is 21.3 Å². The van der Waals surface area contributed by atoms with Gasteiger partial charge in [0.05, 0.1) is 5.69 Å². The van der Waals surface area contributed by atoms with Crippen molar-refractivity contribution in [2.45, 2.75) is 57.6 Å². The Hall–Kier alpha value is -2.77. The first-order valence-electron chi connectivity index (χ1n) is 9.47. The van der Waals surface area contributed by atoms with Crippen LogP contribution in [0, 0.1) is 0 Å². The van der Waals surface area contributed by atoms with Gasteiger partial charge in [-0.1, -0.05) is 19.3 Å². The summed E-state index contributed by atoms with van der Waals surface area (Å²) in [6, 6.07) is 5.09. The lowest BCUT2D eigenvalue weighted by atomic mass is 9.96. The maximum Gasteiger partial charge on any atom is 0.315 e. The van der Waals surface area contributed by atoms with E-state index in [1.54, 1.807) is 25.1 Å². The number of nitrogens with one attached hydrogen (secondary N) is 4. The van der Waals surface area contributed by atoms with Crippen LogP contribution in [0.3, 0.4) is 0 Å². The number of benzene rings is 1. The number of fused-ring (bicyclic) bond motifs is 1. The van der Waals surface area contributed by atoms with Crippen molar-refractivity contribution in [3.63, 3.8) is 0 Å². The van der Waals surface area contributed by atoms with Crippen LogP contribution in [-0.4, -0.2) is 36.5 Å². The summed E-state index contributed by atoms with van der Waals surface area (Å²) in [5.74, 6) is 0.129. The highest BCUT2D eigenvalue weighted by Crippen LogP contribution is 2.32. The normalized spacial score (nSPS) is 19.3. The van der Waals surface area contributed by atoms with E-state index in [1.165, 1.54) is 6.42 Å². The average molecular weight is 374 g/mol. The van der Waals surface area contributed by atoms with Crippen LogP contribution in [0.2, 0.25) is 0 Å². The predicted molar refractivity (Wildman–Crippen MR) is 102 cm³/mol. The van der Waals surface area contributed by atoms with Crippen LogP contribution < -0.4 is 26.0 Å². The van der Waals surface area contributed by atoms with Crippen molar-refractivity contribution in [2.75, 3.05) is 17.2 Å². The Balaban J connectivity index is 1.41. The molecule has 1 saturated carbocycles. The molecule has 1 aliphatic heterocycles. The zero-order chi connectivity index (χ0) is 19.2. The molecule has 1 fully saturated rings. The van der Waals surface area contributed by atoms with Crippen molar-refractivity contribution in [2.24, 2.45) is 0 Å². The number of urea groups is 1. The summed E-state index contributed by atoms with van der Waals surface area (Å²) in [7, 11) is 0. The molecule has 146 valence electrons. The lowest BCUT2D eigenvalue weighted by molar-refractivity contribution is -0.122. The molecule has 1 heterocycles. The average Bonchev–Trinajstić information content (AvgIpc) is 2.64. The molecule has 4 N–H and O–H groups in total. The summed E-state index contributed by atoms with van der Waals surface area (Å²) >= 11 is 0. The van der Waals surface area contributed by atoms with E-state index in [0.29, 0.717) is 17.1 Å². The molecule has 0 aromatic heterocycles. The molecule has 1 aromatic rings. The molecule has 0 bridgehead atoms. The van der Waals surface area contributed by atoms with Crippen LogP contribution in [-0.2, 0) is 9.59 Å². The fourth-order valence-electron chi connectivity index (χ4n) is 3.28. The summed E-state index contributed by atoms with van der Waals surface area (Å²) in [5, 5.41) is 11.2. The lowest BCUT2D eigenvalue weighted by Gasteiger charge is -2.23. The Labute approximate surface area is 158 Å². The SMILES string of the molecule is CC1Oc2ccc(NC(=O)CCNC(=O)NC3CCCCC3)cc2NC1=O. The smallest absolute Gasteiger partial charge is 0.315 e. The van der Waals surface area contributed by atoms with Crippen molar-refractivity contribution in [3.05, 3.63) is 18.2 Å². The number of carbonyl (C=O) groups excluding carboxylic acids is 3. The molecule has 1 aromatic carbocycles. The Kier molecular flexibility index (Phi) is 6.16. The van der Waals surface area contributed by atoms with Crippen molar-refractivity contribution in [1.82, 2.24) is 10.6 Å². The quantitative estimate of drug-likeness (QED) is 0.634. The van der Waals surface area contributed by atoms with Gasteiger partial charge < -0.3 is 26.0 Å². The molecule has 1 aliphatic carbocycles. The maximum absolute atomic E-state index is 12.1. The van der Waals surface area contributed by atoms with Gasteiger partial charge in [-0.15, -0.1) is 0 Å². The largest absolute Gasteiger partial charge is 0.479 e. The first-order valence-corrected chi connectivity index (χ1v) is 9.47. The lowest BCUT2D eigenvalue weighted by Crippen LogP contribution is -2.43. The van der Waals surface area contributed by atoms with Crippen LogP contribution in [0.25, 0.3) is 0 Å². The van der Waals surface area contributed by atoms with Crippen molar-refractivity contribution in [1.29, 1.82) is 0 Å². The van der Waals surface area contributed by atoms with Gasteiger partial charge in [-0.3, -0.25) is 9.59 Å². The molecule has 0 radical (unpaired) electrons. The molecule has 8 nitrogen and oxygen atoms in total. The van der Waals surface area contributed by atoms with Crippen molar-refractivity contribution >= 4 is 29.2 Å². The van der Waals surface area contributed by atoms with Gasteiger partial charge in [0.25, 0.3) is 5.91 Å². The van der Waals surface area contributed by atoms with Crippen LogP contribution in [0.5, 0.6) is 5.75 Å². The second kappa shape index (κ2) is 8.75. The van der Waals surface area contributed by atoms with Gasteiger partial charge in [-0.2, -0.15) is 0 Å². The topological polar surface area (TPSA) is 109 Å². The monoisotopic (exact) mass is 374 g/mol. The van der Waals surface area contributed by atoms with Gasteiger partial charge in [0.15, 0.2) is 6.10 Å². The minimum atomic E-state index is -0.538. The van der Waals surface area contributed by atoms with E-state index in [9.17, 15) is 14.4 Å². The molecule has 1 unspecified atom stereocenters. The van der Waals surface area contributed by atoms with Gasteiger partial charge in [0, 0.05) is 24.7 Å². The van der Waals surface area contributed by atoms with E-state index >= 15 is 0 Å². The van der Waals surface area contributed by atoms with Gasteiger partial charge in [-0.25, -0.2) is 4.79 Å². The van der Waals surface area contributed by atoms with Crippen molar-refractivity contribution in [3.8, 4) is 5.75 Å². The third kappa shape index (κ3) is 5.35. The predicted octanol–water partition coefficient (Wildman–Crippen LogP) is 2.37. The highest BCUT2D eigenvalue weighted by Gasteiger charge is 2.23. The molecule has 27 heavy (non-hydrogen) atoms. The Bertz CT molecular complexity index is 716. The summed E-state index contributed by atoms with van der Waals surface area (Å²) < 4.78 is 5.48. The molecule has 3 rings (SSSR count). The van der Waals surface area contributed by atoms with Gasteiger partial charge in [-0.05, 0) is 38.0 Å². The second-order valence-corrected chi connectivity index (χ2v) is 6.99. The van der Waals surface area contributed by atoms with E-state index in [4.69, 9.17) is 4.74 Å². The highest BCUT2D eigenvalue weighted by molar-refractivity contribution is 5.99. The van der Waals surface area contributed by atoms with Gasteiger partial charge in [0.2, 0.25) is 5.91 Å². The Morgan fingerprint density at radius 2 is 2.00 bits per heavy atom. The third-order valence-corrected chi connectivity index (χ3v) is 4.77. The highest BCUT2D eigenvalue weighted by atomic mass is 16.5. The first kappa shape index (κ1) is 19.0. The molecule has 0 spiro atoms. The maximum atomic E-state index is 12.1. The summed E-state index contributed by atoms with van der Waals surface area (Å²) in [6.45, 7) is 1.93. The summed E-state index contributed by atoms with van der Waals surface area (Å²) in [6.07, 6.45) is 5.20. The third-order valence-electron chi connectivity index (χ3n) is 4.77. The zero-order valence-electron chi connectivity index (χ0n) is 15.5. The van der Waals surface area contributed by atoms with Crippen LogP contribution in [0.1, 0.15) is 45.4 Å². The fraction of sp³-hybridized carbons (Fsp3) is 0.526. The van der Waals surface area contributed by atoms with E-state index in [0.717, 1.165) is 25.7 Å². The summed E-state index contributed by atoms with van der Waals surface area (Å²) in [4.78, 5) is 35.6. The fourth-order valence-corrected chi connectivity index (χ4v) is 3.28. The zero-order valence-corrected chi connectivity index (χ0v) is 15.5. The molecule has 4 amide bonds. The van der Waals surface area contributed by atoms with Crippen LogP contribution in [0.4, 0.5) is 16.2 Å². The number of hydrogen-bond acceptors (Lipinski definition) is 4. The van der Waals surface area contributed by atoms with E-state index in [1.807, 2.05) is 0 Å². The number of amides is 4. The number of rotatable bonds is 5. The second-order valence-electron chi connectivity index (χ2n) is 6.99. The molecule has 0 saturated heterocycles. The van der Waals surface area contributed by atoms with Gasteiger partial charge >= 0.3 is 6.03 Å². The number of hydrogen-bond donors (Lipinski definition) is 4. The van der Waals surface area contributed by atoms with Crippen LogP contribution in [0.15, 0.2) is 18.2 Å². The number of anilines is 2. The minimum absolute atomic E-state index is 0.162. The molecular weight excluding hydrogens is 348 g/mol.